The normalized spacial score (nSPS) is 22.8. The maximum Gasteiger partial charge on any atom is 0.122 e. The van der Waals surface area contributed by atoms with Crippen molar-refractivity contribution in [3.05, 3.63) is 28.3 Å². The van der Waals surface area contributed by atoms with E-state index >= 15 is 0 Å². The van der Waals surface area contributed by atoms with Crippen molar-refractivity contribution in [3.63, 3.8) is 0 Å². The molecule has 0 amide bonds. The van der Waals surface area contributed by atoms with Gasteiger partial charge in [0, 0.05) is 10.6 Å². The van der Waals surface area contributed by atoms with Crippen LogP contribution >= 0.6 is 23.2 Å². The summed E-state index contributed by atoms with van der Waals surface area (Å²) in [6.45, 7) is 4.52. The van der Waals surface area contributed by atoms with E-state index in [1.807, 2.05) is 12.1 Å². The molecule has 0 saturated heterocycles. The molecule has 3 heteroatoms. The van der Waals surface area contributed by atoms with E-state index in [0.717, 1.165) is 35.6 Å². The Kier molecular flexibility index (Phi) is 3.61. The van der Waals surface area contributed by atoms with Crippen LogP contribution in [-0.4, -0.2) is 7.11 Å². The lowest BCUT2D eigenvalue weighted by Crippen LogP contribution is -2.11. The lowest BCUT2D eigenvalue weighted by molar-refractivity contribution is 0.312. The molecule has 1 atom stereocenters. The lowest BCUT2D eigenvalue weighted by atomic mass is 9.84. The first-order valence-corrected chi connectivity index (χ1v) is 6.75. The summed E-state index contributed by atoms with van der Waals surface area (Å²) >= 11 is 12.8. The predicted molar refractivity (Wildman–Crippen MR) is 73.3 cm³/mol. The Labute approximate surface area is 113 Å². The zero-order valence-electron chi connectivity index (χ0n) is 10.5. The van der Waals surface area contributed by atoms with E-state index in [-0.39, 0.29) is 10.8 Å². The fraction of sp³-hybridized carbons (Fsp3) is 0.571. The van der Waals surface area contributed by atoms with Gasteiger partial charge in [0.1, 0.15) is 5.75 Å². The third-order valence-electron chi connectivity index (χ3n) is 3.58. The van der Waals surface area contributed by atoms with E-state index in [2.05, 4.69) is 13.8 Å². The van der Waals surface area contributed by atoms with Crippen molar-refractivity contribution in [1.82, 2.24) is 0 Å². The molecule has 0 saturated carbocycles. The van der Waals surface area contributed by atoms with Gasteiger partial charge in [0.05, 0.1) is 12.5 Å². The second kappa shape index (κ2) is 4.70. The molecule has 1 aromatic carbocycles. The third-order valence-corrected chi connectivity index (χ3v) is 4.28. The van der Waals surface area contributed by atoms with Crippen molar-refractivity contribution in [3.8, 4) is 5.75 Å². The Balaban J connectivity index is 2.53. The van der Waals surface area contributed by atoms with Gasteiger partial charge in [0.25, 0.3) is 0 Å². The molecule has 0 spiro atoms. The average Bonchev–Trinajstić information content (AvgIpc) is 2.36. The molecular weight excluding hydrogens is 255 g/mol. The van der Waals surface area contributed by atoms with Crippen LogP contribution in [0.15, 0.2) is 12.1 Å². The minimum Gasteiger partial charge on any atom is -0.496 e. The van der Waals surface area contributed by atoms with Crippen molar-refractivity contribution in [1.29, 1.82) is 0 Å². The number of alkyl halides is 1. The Hall–Kier alpha value is -0.400. The molecule has 1 nitrogen and oxygen atoms in total. The van der Waals surface area contributed by atoms with Gasteiger partial charge in [-0.1, -0.05) is 25.4 Å². The topological polar surface area (TPSA) is 9.23 Å². The van der Waals surface area contributed by atoms with Gasteiger partial charge in [-0.2, -0.15) is 0 Å². The van der Waals surface area contributed by atoms with E-state index in [1.54, 1.807) is 7.11 Å². The van der Waals surface area contributed by atoms with Crippen LogP contribution in [0.2, 0.25) is 5.02 Å². The highest BCUT2D eigenvalue weighted by molar-refractivity contribution is 6.33. The number of benzene rings is 1. The van der Waals surface area contributed by atoms with Crippen LogP contribution in [-0.2, 0) is 6.42 Å². The Morgan fingerprint density at radius 1 is 1.35 bits per heavy atom. The van der Waals surface area contributed by atoms with Gasteiger partial charge in [-0.15, -0.1) is 11.6 Å². The molecule has 0 radical (unpaired) electrons. The summed E-state index contributed by atoms with van der Waals surface area (Å²) in [5.41, 5.74) is 2.50. The van der Waals surface area contributed by atoms with Gasteiger partial charge in [-0.25, -0.2) is 0 Å². The number of rotatable bonds is 1. The van der Waals surface area contributed by atoms with Gasteiger partial charge in [-0.05, 0) is 42.4 Å². The molecule has 0 fully saturated rings. The van der Waals surface area contributed by atoms with Crippen molar-refractivity contribution in [2.75, 3.05) is 7.11 Å². The number of methoxy groups -OCH3 is 1. The van der Waals surface area contributed by atoms with Crippen molar-refractivity contribution in [2.24, 2.45) is 5.41 Å². The Morgan fingerprint density at radius 3 is 2.71 bits per heavy atom. The van der Waals surface area contributed by atoms with E-state index in [0.29, 0.717) is 0 Å². The van der Waals surface area contributed by atoms with Gasteiger partial charge >= 0.3 is 0 Å². The number of fused-ring (bicyclic) bond motifs is 1. The molecular formula is C14H18Cl2O. The number of ether oxygens (including phenoxy) is 1. The van der Waals surface area contributed by atoms with E-state index < -0.39 is 0 Å². The Morgan fingerprint density at radius 2 is 2.06 bits per heavy atom. The summed E-state index contributed by atoms with van der Waals surface area (Å²) in [4.78, 5) is 0. The zero-order chi connectivity index (χ0) is 12.6. The van der Waals surface area contributed by atoms with Crippen LogP contribution in [0.1, 0.15) is 43.2 Å². The number of hydrogen-bond acceptors (Lipinski definition) is 1. The lowest BCUT2D eigenvalue weighted by Gasteiger charge is -2.23. The summed E-state index contributed by atoms with van der Waals surface area (Å²) in [7, 11) is 1.70. The minimum atomic E-state index is -0.0231. The molecule has 1 aromatic rings. The van der Waals surface area contributed by atoms with E-state index in [1.165, 1.54) is 5.56 Å². The minimum absolute atomic E-state index is 0.0231. The molecule has 0 heterocycles. The molecule has 0 aliphatic heterocycles. The average molecular weight is 273 g/mol. The van der Waals surface area contributed by atoms with Crippen LogP contribution in [0.3, 0.4) is 0 Å². The maximum atomic E-state index is 6.53. The van der Waals surface area contributed by atoms with Crippen molar-refractivity contribution in [2.45, 2.75) is 38.5 Å². The van der Waals surface area contributed by atoms with Crippen LogP contribution in [0.5, 0.6) is 5.75 Å². The SMILES string of the molecule is COc1ccc(Cl)c2c1CCC(C)(C)CC2Cl. The number of hydrogen-bond donors (Lipinski definition) is 0. The van der Waals surface area contributed by atoms with Gasteiger partial charge < -0.3 is 4.74 Å². The van der Waals surface area contributed by atoms with Crippen molar-refractivity contribution < 1.29 is 4.74 Å². The van der Waals surface area contributed by atoms with Crippen LogP contribution in [0.25, 0.3) is 0 Å². The predicted octanol–water partition coefficient (Wildman–Crippen LogP) is 4.99. The van der Waals surface area contributed by atoms with Crippen molar-refractivity contribution >= 4 is 23.2 Å². The maximum absolute atomic E-state index is 6.53. The molecule has 17 heavy (non-hydrogen) atoms. The number of halogens is 2. The van der Waals surface area contributed by atoms with Gasteiger partial charge in [0.2, 0.25) is 0 Å². The monoisotopic (exact) mass is 272 g/mol. The highest BCUT2D eigenvalue weighted by atomic mass is 35.5. The third kappa shape index (κ3) is 2.56. The highest BCUT2D eigenvalue weighted by Gasteiger charge is 2.31. The second-order valence-electron chi connectivity index (χ2n) is 5.48. The first-order chi connectivity index (χ1) is 7.94. The van der Waals surface area contributed by atoms with Crippen LogP contribution in [0.4, 0.5) is 0 Å². The molecule has 1 unspecified atom stereocenters. The fourth-order valence-electron chi connectivity index (χ4n) is 2.56. The molecule has 2 rings (SSSR count). The molecule has 1 aliphatic rings. The van der Waals surface area contributed by atoms with Gasteiger partial charge in [0.15, 0.2) is 0 Å². The van der Waals surface area contributed by atoms with Gasteiger partial charge in [-0.3, -0.25) is 0 Å². The molecule has 94 valence electrons. The quantitative estimate of drug-likeness (QED) is 0.517. The van der Waals surface area contributed by atoms with Crippen LogP contribution in [0, 0.1) is 5.41 Å². The summed E-state index contributed by atoms with van der Waals surface area (Å²) in [6.07, 6.45) is 3.05. The summed E-state index contributed by atoms with van der Waals surface area (Å²) < 4.78 is 5.42. The molecule has 0 aromatic heterocycles. The standard InChI is InChI=1S/C14H18Cl2O/c1-14(2)7-6-9-12(17-3)5-4-10(15)13(9)11(16)8-14/h4-5,11H,6-8H2,1-3H3. The highest BCUT2D eigenvalue weighted by Crippen LogP contribution is 2.47. The molecule has 0 bridgehead atoms. The summed E-state index contributed by atoms with van der Waals surface area (Å²) in [5, 5.41) is 0.739. The Bertz CT molecular complexity index is 426. The van der Waals surface area contributed by atoms with Crippen LogP contribution < -0.4 is 4.74 Å². The smallest absolute Gasteiger partial charge is 0.122 e. The summed E-state index contributed by atoms with van der Waals surface area (Å²) in [5.74, 6) is 0.910. The molecule has 0 N–H and O–H groups in total. The van der Waals surface area contributed by atoms with E-state index in [4.69, 9.17) is 27.9 Å². The van der Waals surface area contributed by atoms with E-state index in [9.17, 15) is 0 Å². The fourth-order valence-corrected chi connectivity index (χ4v) is 3.59. The molecule has 1 aliphatic carbocycles. The largest absolute Gasteiger partial charge is 0.496 e. The second-order valence-corrected chi connectivity index (χ2v) is 6.41. The summed E-state index contributed by atoms with van der Waals surface area (Å²) in [6, 6.07) is 3.82. The first-order valence-electron chi connectivity index (χ1n) is 5.94. The zero-order valence-corrected chi connectivity index (χ0v) is 12.0. The first kappa shape index (κ1) is 13.0.